The number of hydrogen-bond donors (Lipinski definition) is 1. The van der Waals surface area contributed by atoms with Gasteiger partial charge in [0.05, 0.1) is 12.7 Å². The summed E-state index contributed by atoms with van der Waals surface area (Å²) in [5.41, 5.74) is 2.75. The van der Waals surface area contributed by atoms with Crippen molar-refractivity contribution in [3.8, 4) is 5.75 Å². The zero-order valence-corrected chi connectivity index (χ0v) is 12.9. The molecule has 1 amide bonds. The SMILES string of the molecule is CCc1ccc(OC)c(CNC(=O)c2cccnc2)c1.Cl. The maximum atomic E-state index is 12.0. The zero-order valence-electron chi connectivity index (χ0n) is 12.1. The molecule has 0 spiro atoms. The molecule has 4 nitrogen and oxygen atoms in total. The van der Waals surface area contributed by atoms with Crippen molar-refractivity contribution >= 4 is 18.3 Å². The van der Waals surface area contributed by atoms with Crippen LogP contribution in [0.3, 0.4) is 0 Å². The van der Waals surface area contributed by atoms with E-state index in [0.29, 0.717) is 12.1 Å². The lowest BCUT2D eigenvalue weighted by Crippen LogP contribution is -2.23. The Hall–Kier alpha value is -2.07. The number of carbonyl (C=O) groups is 1. The number of pyridine rings is 1. The van der Waals surface area contributed by atoms with Crippen LogP contribution in [0.4, 0.5) is 0 Å². The number of nitrogens with one attached hydrogen (secondary N) is 1. The third kappa shape index (κ3) is 4.46. The van der Waals surface area contributed by atoms with Crippen LogP contribution in [0.5, 0.6) is 5.75 Å². The highest BCUT2D eigenvalue weighted by molar-refractivity contribution is 5.93. The largest absolute Gasteiger partial charge is 0.496 e. The van der Waals surface area contributed by atoms with Crippen molar-refractivity contribution in [2.24, 2.45) is 0 Å². The van der Waals surface area contributed by atoms with E-state index >= 15 is 0 Å². The van der Waals surface area contributed by atoms with E-state index in [1.165, 1.54) is 5.56 Å². The van der Waals surface area contributed by atoms with E-state index in [0.717, 1.165) is 17.7 Å². The highest BCUT2D eigenvalue weighted by atomic mass is 35.5. The highest BCUT2D eigenvalue weighted by Crippen LogP contribution is 2.20. The van der Waals surface area contributed by atoms with Crippen molar-refractivity contribution in [2.45, 2.75) is 19.9 Å². The number of aryl methyl sites for hydroxylation is 1. The lowest BCUT2D eigenvalue weighted by molar-refractivity contribution is 0.0950. The van der Waals surface area contributed by atoms with Gasteiger partial charge < -0.3 is 10.1 Å². The maximum Gasteiger partial charge on any atom is 0.253 e. The lowest BCUT2D eigenvalue weighted by atomic mass is 10.1. The molecule has 21 heavy (non-hydrogen) atoms. The van der Waals surface area contributed by atoms with Gasteiger partial charge >= 0.3 is 0 Å². The minimum Gasteiger partial charge on any atom is -0.496 e. The Morgan fingerprint density at radius 3 is 2.76 bits per heavy atom. The third-order valence-electron chi connectivity index (χ3n) is 3.12. The number of amides is 1. The molecular weight excluding hydrogens is 288 g/mol. The average molecular weight is 307 g/mol. The minimum absolute atomic E-state index is 0. The molecule has 0 aliphatic rings. The van der Waals surface area contributed by atoms with Crippen LogP contribution in [-0.4, -0.2) is 18.0 Å². The zero-order chi connectivity index (χ0) is 14.4. The Morgan fingerprint density at radius 2 is 2.14 bits per heavy atom. The quantitative estimate of drug-likeness (QED) is 0.924. The Balaban J connectivity index is 0.00000220. The summed E-state index contributed by atoms with van der Waals surface area (Å²) in [4.78, 5) is 15.9. The first-order valence-electron chi connectivity index (χ1n) is 6.58. The molecule has 1 N–H and O–H groups in total. The molecule has 0 radical (unpaired) electrons. The second-order valence-electron chi connectivity index (χ2n) is 4.42. The first kappa shape index (κ1) is 17.0. The summed E-state index contributed by atoms with van der Waals surface area (Å²) < 4.78 is 5.32. The summed E-state index contributed by atoms with van der Waals surface area (Å²) in [6.07, 6.45) is 4.15. The summed E-state index contributed by atoms with van der Waals surface area (Å²) in [5.74, 6) is 0.649. The molecule has 0 unspecified atom stereocenters. The number of halogens is 1. The molecule has 2 aromatic rings. The van der Waals surface area contributed by atoms with Gasteiger partial charge in [-0.1, -0.05) is 19.1 Å². The van der Waals surface area contributed by atoms with Crippen molar-refractivity contribution in [2.75, 3.05) is 7.11 Å². The van der Waals surface area contributed by atoms with Crippen LogP contribution >= 0.6 is 12.4 Å². The van der Waals surface area contributed by atoms with E-state index in [1.54, 1.807) is 31.6 Å². The van der Waals surface area contributed by atoms with E-state index in [9.17, 15) is 4.79 Å². The molecule has 0 atom stereocenters. The van der Waals surface area contributed by atoms with Gasteiger partial charge in [0, 0.05) is 24.5 Å². The molecule has 1 heterocycles. The van der Waals surface area contributed by atoms with Crippen molar-refractivity contribution in [3.05, 3.63) is 59.4 Å². The van der Waals surface area contributed by atoms with Crippen LogP contribution in [0.2, 0.25) is 0 Å². The van der Waals surface area contributed by atoms with E-state index in [4.69, 9.17) is 4.74 Å². The standard InChI is InChI=1S/C16H18N2O2.ClH/c1-3-12-6-7-15(20-2)14(9-12)11-18-16(19)13-5-4-8-17-10-13;/h4-10H,3,11H2,1-2H3,(H,18,19);1H. The van der Waals surface area contributed by atoms with Gasteiger partial charge in [0.2, 0.25) is 0 Å². The molecule has 5 heteroatoms. The fourth-order valence-electron chi connectivity index (χ4n) is 1.96. The van der Waals surface area contributed by atoms with Gasteiger partial charge in [-0.05, 0) is 30.2 Å². The predicted molar refractivity (Wildman–Crippen MR) is 85.0 cm³/mol. The topological polar surface area (TPSA) is 51.2 Å². The molecule has 0 saturated heterocycles. The number of aromatic nitrogens is 1. The number of rotatable bonds is 5. The van der Waals surface area contributed by atoms with Crippen LogP contribution in [0, 0.1) is 0 Å². The second kappa shape index (κ2) is 8.27. The molecular formula is C16H19ClN2O2. The van der Waals surface area contributed by atoms with Gasteiger partial charge in [-0.2, -0.15) is 0 Å². The number of nitrogens with zero attached hydrogens (tertiary/aromatic N) is 1. The number of methoxy groups -OCH3 is 1. The van der Waals surface area contributed by atoms with Crippen molar-refractivity contribution in [3.63, 3.8) is 0 Å². The van der Waals surface area contributed by atoms with Crippen LogP contribution in [0.25, 0.3) is 0 Å². The second-order valence-corrected chi connectivity index (χ2v) is 4.42. The summed E-state index contributed by atoms with van der Waals surface area (Å²) in [5, 5.41) is 2.88. The monoisotopic (exact) mass is 306 g/mol. The Morgan fingerprint density at radius 1 is 1.33 bits per heavy atom. The van der Waals surface area contributed by atoms with E-state index in [-0.39, 0.29) is 18.3 Å². The number of benzene rings is 1. The smallest absolute Gasteiger partial charge is 0.253 e. The maximum absolute atomic E-state index is 12.0. The Bertz CT molecular complexity index is 588. The fraction of sp³-hybridized carbons (Fsp3) is 0.250. The first-order chi connectivity index (χ1) is 9.74. The number of carbonyl (C=O) groups excluding carboxylic acids is 1. The van der Waals surface area contributed by atoms with Crippen LogP contribution in [-0.2, 0) is 13.0 Å². The Labute approximate surface area is 131 Å². The van der Waals surface area contributed by atoms with Crippen molar-refractivity contribution in [1.29, 1.82) is 0 Å². The normalized spacial score (nSPS) is 9.62. The lowest BCUT2D eigenvalue weighted by Gasteiger charge is -2.11. The summed E-state index contributed by atoms with van der Waals surface area (Å²) in [6, 6.07) is 9.51. The molecule has 112 valence electrons. The number of hydrogen-bond acceptors (Lipinski definition) is 3. The third-order valence-corrected chi connectivity index (χ3v) is 3.12. The van der Waals surface area contributed by atoms with E-state index in [1.807, 2.05) is 12.1 Å². The fourth-order valence-corrected chi connectivity index (χ4v) is 1.96. The predicted octanol–water partition coefficient (Wildman–Crippen LogP) is 3.00. The van der Waals surface area contributed by atoms with Crippen LogP contribution in [0.15, 0.2) is 42.7 Å². The molecule has 0 aliphatic heterocycles. The van der Waals surface area contributed by atoms with Gasteiger partial charge in [0.15, 0.2) is 0 Å². The van der Waals surface area contributed by atoms with Gasteiger partial charge in [-0.15, -0.1) is 12.4 Å². The molecule has 1 aromatic heterocycles. The number of ether oxygens (including phenoxy) is 1. The van der Waals surface area contributed by atoms with E-state index in [2.05, 4.69) is 23.3 Å². The molecule has 0 fully saturated rings. The summed E-state index contributed by atoms with van der Waals surface area (Å²) in [6.45, 7) is 2.53. The summed E-state index contributed by atoms with van der Waals surface area (Å²) in [7, 11) is 1.63. The summed E-state index contributed by atoms with van der Waals surface area (Å²) >= 11 is 0. The van der Waals surface area contributed by atoms with Gasteiger partial charge in [0.25, 0.3) is 5.91 Å². The van der Waals surface area contributed by atoms with Crippen molar-refractivity contribution < 1.29 is 9.53 Å². The van der Waals surface area contributed by atoms with Crippen LogP contribution in [0.1, 0.15) is 28.4 Å². The first-order valence-corrected chi connectivity index (χ1v) is 6.58. The molecule has 0 bridgehead atoms. The average Bonchev–Trinajstić information content (AvgIpc) is 2.53. The molecule has 1 aromatic carbocycles. The van der Waals surface area contributed by atoms with Gasteiger partial charge in [0.1, 0.15) is 5.75 Å². The Kier molecular flexibility index (Phi) is 6.69. The van der Waals surface area contributed by atoms with Gasteiger partial charge in [-0.25, -0.2) is 0 Å². The molecule has 2 rings (SSSR count). The van der Waals surface area contributed by atoms with Gasteiger partial charge in [-0.3, -0.25) is 9.78 Å². The highest BCUT2D eigenvalue weighted by Gasteiger charge is 2.08. The minimum atomic E-state index is -0.137. The van der Waals surface area contributed by atoms with Crippen molar-refractivity contribution in [1.82, 2.24) is 10.3 Å². The van der Waals surface area contributed by atoms with Crippen LogP contribution < -0.4 is 10.1 Å². The molecule has 0 aliphatic carbocycles. The van der Waals surface area contributed by atoms with E-state index < -0.39 is 0 Å². The molecule has 0 saturated carbocycles.